The summed E-state index contributed by atoms with van der Waals surface area (Å²) >= 11 is 0. The maximum Gasteiger partial charge on any atom is 0.124 e. The summed E-state index contributed by atoms with van der Waals surface area (Å²) in [4.78, 5) is 0. The highest BCUT2D eigenvalue weighted by atomic mass is 16.7. The topological polar surface area (TPSA) is 21.8 Å². The summed E-state index contributed by atoms with van der Waals surface area (Å²) in [5.74, 6) is 0. The summed E-state index contributed by atoms with van der Waals surface area (Å²) in [6.45, 7) is 0.896. The predicted molar refractivity (Wildman–Crippen MR) is 66.0 cm³/mol. The molecule has 1 atom stereocenters. The lowest BCUT2D eigenvalue weighted by Crippen LogP contribution is -2.33. The highest BCUT2D eigenvalue weighted by molar-refractivity contribution is 5.22. The first-order valence-corrected chi connectivity index (χ1v) is 7.63. The van der Waals surface area contributed by atoms with Crippen LogP contribution < -0.4 is 0 Å². The molecule has 0 aromatic rings. The van der Waals surface area contributed by atoms with Gasteiger partial charge in [0.15, 0.2) is 0 Å². The third-order valence-corrected chi connectivity index (χ3v) is 5.82. The molecule has 4 aliphatic rings. The number of hydrogen-bond donors (Lipinski definition) is 0. The normalized spacial score (nSPS) is 42.4. The summed E-state index contributed by atoms with van der Waals surface area (Å²) < 4.78 is 12.6. The second-order valence-corrected chi connectivity index (χ2v) is 6.86. The zero-order chi connectivity index (χ0) is 11.4. The van der Waals surface area contributed by atoms with E-state index in [1.807, 2.05) is 0 Å². The molecule has 2 nitrogen and oxygen atoms in total. The fraction of sp³-hybridized carbons (Fsp3) is 1.00. The third kappa shape index (κ3) is 1.46. The van der Waals surface area contributed by atoms with Crippen LogP contribution in [0.15, 0.2) is 0 Å². The molecule has 2 saturated carbocycles. The van der Waals surface area contributed by atoms with Crippen molar-refractivity contribution < 1.29 is 9.47 Å². The van der Waals surface area contributed by atoms with Crippen molar-refractivity contribution in [2.75, 3.05) is 6.61 Å². The lowest BCUT2D eigenvalue weighted by atomic mass is 9.74. The van der Waals surface area contributed by atoms with Gasteiger partial charge in [-0.1, -0.05) is 38.5 Å². The minimum absolute atomic E-state index is 0.158. The molecule has 1 unspecified atom stereocenters. The van der Waals surface area contributed by atoms with E-state index < -0.39 is 0 Å². The Morgan fingerprint density at radius 2 is 1.29 bits per heavy atom. The summed E-state index contributed by atoms with van der Waals surface area (Å²) in [5.41, 5.74) is 0.635. The molecule has 0 radical (unpaired) electrons. The van der Waals surface area contributed by atoms with Gasteiger partial charge in [-0.2, -0.15) is 0 Å². The molecular formula is C15H24O2. The van der Waals surface area contributed by atoms with Gasteiger partial charge in [0.1, 0.15) is 11.2 Å². The predicted octanol–water partition coefficient (Wildman–Crippen LogP) is 3.58. The largest absolute Gasteiger partial charge is 0.372 e. The molecule has 17 heavy (non-hydrogen) atoms. The van der Waals surface area contributed by atoms with Crippen molar-refractivity contribution in [3.05, 3.63) is 0 Å². The van der Waals surface area contributed by atoms with Crippen LogP contribution in [-0.2, 0) is 9.47 Å². The molecule has 4 rings (SSSR count). The maximum absolute atomic E-state index is 6.30. The first-order valence-electron chi connectivity index (χ1n) is 7.63. The third-order valence-electron chi connectivity index (χ3n) is 5.82. The van der Waals surface area contributed by atoms with Crippen LogP contribution in [0.1, 0.15) is 70.6 Å². The number of fused-ring (bicyclic) bond motifs is 1. The van der Waals surface area contributed by atoms with Crippen molar-refractivity contribution in [2.45, 2.75) is 87.4 Å². The number of epoxide rings is 1. The van der Waals surface area contributed by atoms with Crippen LogP contribution in [0, 0.1) is 0 Å². The van der Waals surface area contributed by atoms with Gasteiger partial charge >= 0.3 is 0 Å². The fourth-order valence-electron chi connectivity index (χ4n) is 4.80. The molecule has 2 aliphatic heterocycles. The average molecular weight is 236 g/mol. The van der Waals surface area contributed by atoms with Gasteiger partial charge in [0.2, 0.25) is 0 Å². The molecule has 4 fully saturated rings. The second kappa shape index (κ2) is 3.48. The van der Waals surface area contributed by atoms with Crippen molar-refractivity contribution in [3.63, 3.8) is 0 Å². The van der Waals surface area contributed by atoms with E-state index in [1.54, 1.807) is 0 Å². The second-order valence-electron chi connectivity index (χ2n) is 6.86. The molecule has 2 aliphatic carbocycles. The van der Waals surface area contributed by atoms with E-state index in [4.69, 9.17) is 9.47 Å². The van der Waals surface area contributed by atoms with Gasteiger partial charge in [-0.25, -0.2) is 0 Å². The Morgan fingerprint density at radius 3 is 2.00 bits per heavy atom. The van der Waals surface area contributed by atoms with E-state index in [2.05, 4.69) is 0 Å². The number of ether oxygens (including phenoxy) is 2. The maximum atomic E-state index is 6.30. The molecule has 0 aromatic carbocycles. The Balaban J connectivity index is 1.51. The molecule has 0 amide bonds. The standard InChI is InChI=1S/C15H24O2/c1-3-7-13(8-4-1)11-15(12-16-13)14(17-15)9-5-2-6-10-14/h1-12H2. The molecule has 0 bridgehead atoms. The van der Waals surface area contributed by atoms with Crippen LogP contribution >= 0.6 is 0 Å². The highest BCUT2D eigenvalue weighted by Gasteiger charge is 2.74. The number of hydrogen-bond acceptors (Lipinski definition) is 2. The fourth-order valence-corrected chi connectivity index (χ4v) is 4.80. The van der Waals surface area contributed by atoms with Crippen molar-refractivity contribution in [3.8, 4) is 0 Å². The van der Waals surface area contributed by atoms with E-state index in [0.717, 1.165) is 6.61 Å². The Labute approximate surface area is 104 Å². The van der Waals surface area contributed by atoms with E-state index >= 15 is 0 Å². The molecule has 96 valence electrons. The van der Waals surface area contributed by atoms with E-state index in [9.17, 15) is 0 Å². The van der Waals surface area contributed by atoms with E-state index in [-0.39, 0.29) is 16.8 Å². The molecule has 0 aromatic heterocycles. The first-order chi connectivity index (χ1) is 8.29. The Bertz CT molecular complexity index is 297. The summed E-state index contributed by atoms with van der Waals surface area (Å²) in [6.07, 6.45) is 14.7. The summed E-state index contributed by atoms with van der Waals surface area (Å²) in [7, 11) is 0. The molecular weight excluding hydrogens is 212 g/mol. The molecule has 2 saturated heterocycles. The van der Waals surface area contributed by atoms with Crippen LogP contribution in [0.2, 0.25) is 0 Å². The van der Waals surface area contributed by atoms with E-state index in [0.29, 0.717) is 0 Å². The van der Waals surface area contributed by atoms with Crippen molar-refractivity contribution in [2.24, 2.45) is 0 Å². The van der Waals surface area contributed by atoms with Crippen molar-refractivity contribution in [1.82, 2.24) is 0 Å². The van der Waals surface area contributed by atoms with Gasteiger partial charge in [-0.15, -0.1) is 0 Å². The lowest BCUT2D eigenvalue weighted by Gasteiger charge is -2.32. The lowest BCUT2D eigenvalue weighted by molar-refractivity contribution is -0.0251. The van der Waals surface area contributed by atoms with Crippen LogP contribution in [-0.4, -0.2) is 23.4 Å². The molecule has 0 N–H and O–H groups in total. The average Bonchev–Trinajstić information content (AvgIpc) is 2.77. The zero-order valence-corrected chi connectivity index (χ0v) is 10.8. The smallest absolute Gasteiger partial charge is 0.124 e. The molecule has 2 heterocycles. The van der Waals surface area contributed by atoms with Gasteiger partial charge in [-0.3, -0.25) is 0 Å². The Morgan fingerprint density at radius 1 is 0.647 bits per heavy atom. The van der Waals surface area contributed by atoms with Crippen molar-refractivity contribution in [1.29, 1.82) is 0 Å². The first kappa shape index (κ1) is 10.8. The van der Waals surface area contributed by atoms with Gasteiger partial charge in [-0.05, 0) is 25.7 Å². The van der Waals surface area contributed by atoms with E-state index in [1.165, 1.54) is 70.6 Å². The summed E-state index contributed by atoms with van der Waals surface area (Å²) in [6, 6.07) is 0. The van der Waals surface area contributed by atoms with Crippen molar-refractivity contribution >= 4 is 0 Å². The van der Waals surface area contributed by atoms with Gasteiger partial charge in [0, 0.05) is 6.42 Å². The molecule has 3 spiro atoms. The highest BCUT2D eigenvalue weighted by Crippen LogP contribution is 2.64. The van der Waals surface area contributed by atoms with Crippen LogP contribution in [0.3, 0.4) is 0 Å². The van der Waals surface area contributed by atoms with Crippen LogP contribution in [0.5, 0.6) is 0 Å². The zero-order valence-electron chi connectivity index (χ0n) is 10.8. The van der Waals surface area contributed by atoms with Gasteiger partial charge < -0.3 is 9.47 Å². The minimum atomic E-state index is 0.158. The van der Waals surface area contributed by atoms with Gasteiger partial charge in [0.25, 0.3) is 0 Å². The Kier molecular flexibility index (Phi) is 2.21. The van der Waals surface area contributed by atoms with Crippen LogP contribution in [0.4, 0.5) is 0 Å². The van der Waals surface area contributed by atoms with Crippen LogP contribution in [0.25, 0.3) is 0 Å². The molecule has 2 heteroatoms. The Hall–Kier alpha value is -0.0800. The monoisotopic (exact) mass is 236 g/mol. The SMILES string of the molecule is C1CCC2(CC1)CC1(CO2)OC12CCCCC2. The minimum Gasteiger partial charge on any atom is -0.372 e. The number of rotatable bonds is 0. The quantitative estimate of drug-likeness (QED) is 0.600. The van der Waals surface area contributed by atoms with Gasteiger partial charge in [0.05, 0.1) is 12.2 Å². The summed E-state index contributed by atoms with van der Waals surface area (Å²) in [5, 5.41) is 0.